The third-order valence-electron chi connectivity index (χ3n) is 2.50. The Labute approximate surface area is 99.9 Å². The summed E-state index contributed by atoms with van der Waals surface area (Å²) >= 11 is 6.21. The number of halogens is 1. The molecule has 0 radical (unpaired) electrons. The van der Waals surface area contributed by atoms with Crippen LogP contribution in [0.2, 0.25) is 5.02 Å². The zero-order chi connectivity index (χ0) is 11.7. The van der Waals surface area contributed by atoms with Gasteiger partial charge in [-0.15, -0.1) is 0 Å². The Balaban J connectivity index is 2.54. The fourth-order valence-corrected chi connectivity index (χ4v) is 1.98. The monoisotopic (exact) mass is 235 g/mol. The summed E-state index contributed by atoms with van der Waals surface area (Å²) in [6, 6.07) is 5.86. The minimum absolute atomic E-state index is 0.0696. The molecule has 0 unspecified atom stereocenters. The van der Waals surface area contributed by atoms with Gasteiger partial charge in [0.1, 0.15) is 0 Å². The van der Waals surface area contributed by atoms with Gasteiger partial charge in [-0.1, -0.05) is 17.7 Å². The third-order valence-corrected chi connectivity index (χ3v) is 2.80. The third kappa shape index (κ3) is 1.96. The zero-order valence-corrected chi connectivity index (χ0v) is 10.1. The van der Waals surface area contributed by atoms with Crippen LogP contribution in [0.5, 0.6) is 0 Å². The first kappa shape index (κ1) is 11.2. The summed E-state index contributed by atoms with van der Waals surface area (Å²) in [6.07, 6.45) is 3.50. The van der Waals surface area contributed by atoms with E-state index in [1.54, 1.807) is 12.5 Å². The van der Waals surface area contributed by atoms with E-state index in [0.29, 0.717) is 5.02 Å². The van der Waals surface area contributed by atoms with Crippen molar-refractivity contribution in [1.29, 1.82) is 0 Å². The molecule has 0 bridgehead atoms. The van der Waals surface area contributed by atoms with Crippen molar-refractivity contribution >= 4 is 11.6 Å². The first-order valence-electron chi connectivity index (χ1n) is 5.14. The minimum Gasteiger partial charge on any atom is -0.323 e. The van der Waals surface area contributed by atoms with Gasteiger partial charge in [-0.05, 0) is 31.5 Å². The second-order valence-electron chi connectivity index (χ2n) is 3.93. The highest BCUT2D eigenvalue weighted by atomic mass is 35.5. The number of hydrogen-bond donors (Lipinski definition) is 1. The van der Waals surface area contributed by atoms with E-state index < -0.39 is 0 Å². The maximum atomic E-state index is 6.21. The van der Waals surface area contributed by atoms with E-state index in [1.165, 1.54) is 0 Å². The molecule has 4 heteroatoms. The van der Waals surface area contributed by atoms with Crippen molar-refractivity contribution in [2.24, 2.45) is 5.73 Å². The van der Waals surface area contributed by atoms with Crippen molar-refractivity contribution in [2.75, 3.05) is 0 Å². The van der Waals surface area contributed by atoms with Crippen LogP contribution in [0.1, 0.15) is 24.2 Å². The molecule has 2 N–H and O–H groups in total. The summed E-state index contributed by atoms with van der Waals surface area (Å²) in [7, 11) is 0. The maximum absolute atomic E-state index is 6.21. The molecule has 0 saturated carbocycles. The number of imidazole rings is 1. The molecule has 84 valence electrons. The van der Waals surface area contributed by atoms with Crippen LogP contribution < -0.4 is 5.73 Å². The van der Waals surface area contributed by atoms with Gasteiger partial charge in [0, 0.05) is 6.04 Å². The molecule has 16 heavy (non-hydrogen) atoms. The van der Waals surface area contributed by atoms with E-state index in [2.05, 4.69) is 4.98 Å². The van der Waals surface area contributed by atoms with Crippen LogP contribution in [0.25, 0.3) is 5.69 Å². The van der Waals surface area contributed by atoms with Crippen LogP contribution in [0, 0.1) is 6.92 Å². The molecule has 1 aromatic carbocycles. The highest BCUT2D eigenvalue weighted by Gasteiger charge is 2.10. The van der Waals surface area contributed by atoms with Crippen LogP contribution in [-0.4, -0.2) is 9.55 Å². The molecule has 0 aliphatic heterocycles. The normalized spacial score (nSPS) is 12.8. The smallest absolute Gasteiger partial charge is 0.0995 e. The molecule has 3 nitrogen and oxygen atoms in total. The van der Waals surface area contributed by atoms with Gasteiger partial charge in [0.25, 0.3) is 0 Å². The average molecular weight is 236 g/mol. The molecule has 1 aromatic heterocycles. The van der Waals surface area contributed by atoms with Crippen molar-refractivity contribution in [3.05, 3.63) is 47.0 Å². The predicted molar refractivity (Wildman–Crippen MR) is 65.9 cm³/mol. The number of hydrogen-bond acceptors (Lipinski definition) is 2. The van der Waals surface area contributed by atoms with Gasteiger partial charge < -0.3 is 10.3 Å². The van der Waals surface area contributed by atoms with Crippen molar-refractivity contribution < 1.29 is 0 Å². The summed E-state index contributed by atoms with van der Waals surface area (Å²) in [5, 5.41) is 0.708. The van der Waals surface area contributed by atoms with Gasteiger partial charge >= 0.3 is 0 Å². The topological polar surface area (TPSA) is 43.8 Å². The second kappa shape index (κ2) is 4.28. The molecule has 0 fully saturated rings. The number of benzene rings is 1. The molecule has 0 spiro atoms. The summed E-state index contributed by atoms with van der Waals surface area (Å²) in [6.45, 7) is 3.94. The van der Waals surface area contributed by atoms with Gasteiger partial charge in [-0.25, -0.2) is 4.98 Å². The summed E-state index contributed by atoms with van der Waals surface area (Å²) in [5.74, 6) is 0. The van der Waals surface area contributed by atoms with Crippen LogP contribution >= 0.6 is 11.6 Å². The predicted octanol–water partition coefficient (Wildman–Crippen LogP) is 2.85. The van der Waals surface area contributed by atoms with Gasteiger partial charge in [0.05, 0.1) is 28.9 Å². The molecular weight excluding hydrogens is 222 g/mol. The average Bonchev–Trinajstić information content (AvgIpc) is 2.66. The van der Waals surface area contributed by atoms with Crippen molar-refractivity contribution in [2.45, 2.75) is 19.9 Å². The van der Waals surface area contributed by atoms with Gasteiger partial charge in [-0.2, -0.15) is 0 Å². The van der Waals surface area contributed by atoms with Crippen LogP contribution in [0.15, 0.2) is 30.7 Å². The second-order valence-corrected chi connectivity index (χ2v) is 4.34. The lowest BCUT2D eigenvalue weighted by Crippen LogP contribution is -2.10. The van der Waals surface area contributed by atoms with E-state index in [-0.39, 0.29) is 6.04 Å². The number of aromatic nitrogens is 2. The fourth-order valence-electron chi connectivity index (χ4n) is 1.65. The standard InChI is InChI=1S/C12H14ClN3/c1-8-3-4-11(10(13)5-8)16-7-15-6-12(16)9(2)14/h3-7,9H,14H2,1-2H3/t9-/m1/s1. The van der Waals surface area contributed by atoms with Gasteiger partial charge in [-0.3, -0.25) is 0 Å². The Hall–Kier alpha value is -1.32. The van der Waals surface area contributed by atoms with Crippen LogP contribution in [0.4, 0.5) is 0 Å². The molecule has 0 saturated heterocycles. The number of nitrogens with zero attached hydrogens (tertiary/aromatic N) is 2. The molecule has 2 aromatic rings. The van der Waals surface area contributed by atoms with Crippen LogP contribution in [-0.2, 0) is 0 Å². The van der Waals surface area contributed by atoms with Gasteiger partial charge in [0.15, 0.2) is 0 Å². The molecule has 1 heterocycles. The molecule has 1 atom stereocenters. The largest absolute Gasteiger partial charge is 0.323 e. The number of rotatable bonds is 2. The quantitative estimate of drug-likeness (QED) is 0.870. The zero-order valence-electron chi connectivity index (χ0n) is 9.31. The highest BCUT2D eigenvalue weighted by Crippen LogP contribution is 2.24. The van der Waals surface area contributed by atoms with Crippen molar-refractivity contribution in [3.63, 3.8) is 0 Å². The SMILES string of the molecule is Cc1ccc(-n2cncc2[C@@H](C)N)c(Cl)c1. The molecule has 0 amide bonds. The lowest BCUT2D eigenvalue weighted by Gasteiger charge is -2.12. The number of aryl methyl sites for hydroxylation is 1. The van der Waals surface area contributed by atoms with Crippen molar-refractivity contribution in [3.8, 4) is 5.69 Å². The summed E-state index contributed by atoms with van der Waals surface area (Å²) in [5.41, 5.74) is 8.87. The lowest BCUT2D eigenvalue weighted by molar-refractivity contribution is 0.752. The van der Waals surface area contributed by atoms with E-state index in [4.69, 9.17) is 17.3 Å². The first-order chi connectivity index (χ1) is 7.59. The van der Waals surface area contributed by atoms with E-state index in [1.807, 2.05) is 36.6 Å². The summed E-state index contributed by atoms with van der Waals surface area (Å²) in [4.78, 5) is 4.11. The Kier molecular flexibility index (Phi) is 2.99. The first-order valence-corrected chi connectivity index (χ1v) is 5.51. The number of nitrogens with two attached hydrogens (primary N) is 1. The van der Waals surface area contributed by atoms with E-state index in [0.717, 1.165) is 16.9 Å². The Bertz CT molecular complexity index is 503. The Morgan fingerprint density at radius 2 is 2.19 bits per heavy atom. The van der Waals surface area contributed by atoms with Crippen molar-refractivity contribution in [1.82, 2.24) is 9.55 Å². The molecule has 0 aliphatic carbocycles. The fraction of sp³-hybridized carbons (Fsp3) is 0.250. The summed E-state index contributed by atoms with van der Waals surface area (Å²) < 4.78 is 1.92. The van der Waals surface area contributed by atoms with Gasteiger partial charge in [0.2, 0.25) is 0 Å². The highest BCUT2D eigenvalue weighted by molar-refractivity contribution is 6.32. The molecule has 2 rings (SSSR count). The Morgan fingerprint density at radius 1 is 1.44 bits per heavy atom. The van der Waals surface area contributed by atoms with Crippen LogP contribution in [0.3, 0.4) is 0 Å². The minimum atomic E-state index is -0.0696. The lowest BCUT2D eigenvalue weighted by atomic mass is 10.2. The van der Waals surface area contributed by atoms with E-state index in [9.17, 15) is 0 Å². The molecule has 0 aliphatic rings. The Morgan fingerprint density at radius 3 is 2.81 bits per heavy atom. The molecular formula is C12H14ClN3. The maximum Gasteiger partial charge on any atom is 0.0995 e. The van der Waals surface area contributed by atoms with E-state index >= 15 is 0 Å².